The number of aliphatic hydroxyl groups excluding tert-OH is 1. The van der Waals surface area contributed by atoms with Crippen LogP contribution in [0.25, 0.3) is 0 Å². The van der Waals surface area contributed by atoms with Crippen LogP contribution in [0.5, 0.6) is 0 Å². The maximum atomic E-state index is 12.1. The quantitative estimate of drug-likeness (QED) is 0.773. The summed E-state index contributed by atoms with van der Waals surface area (Å²) in [4.78, 5) is 12.1. The summed E-state index contributed by atoms with van der Waals surface area (Å²) in [6, 6.07) is 7.20. The number of aliphatic hydroxyl groups is 1. The Balaban J connectivity index is 2.06. The first-order valence-electron chi connectivity index (χ1n) is 6.07. The van der Waals surface area contributed by atoms with Crippen molar-refractivity contribution in [3.05, 3.63) is 29.8 Å². The molecule has 2 unspecified atom stereocenters. The molecule has 4 nitrogen and oxygen atoms in total. The Morgan fingerprint density at radius 1 is 1.56 bits per heavy atom. The summed E-state index contributed by atoms with van der Waals surface area (Å²) in [5.41, 5.74) is 1.43. The number of hydrogen-bond donors (Lipinski definition) is 3. The molecule has 2 atom stereocenters. The molecular weight excluding hydrogens is 248 g/mol. The largest absolute Gasteiger partial charge is 0.389 e. The molecule has 1 saturated heterocycles. The number of carbonyl (C=O) groups excluding carboxylic acids is 1. The average Bonchev–Trinajstić information content (AvgIpc) is 2.40. The molecule has 1 aromatic carbocycles. The number of thioether (sulfide) groups is 1. The van der Waals surface area contributed by atoms with E-state index in [0.717, 1.165) is 23.6 Å². The molecule has 0 aliphatic carbocycles. The summed E-state index contributed by atoms with van der Waals surface area (Å²) < 4.78 is 0. The predicted molar refractivity (Wildman–Crippen MR) is 74.8 cm³/mol. The van der Waals surface area contributed by atoms with Gasteiger partial charge >= 0.3 is 0 Å². The van der Waals surface area contributed by atoms with Crippen molar-refractivity contribution in [2.75, 3.05) is 23.4 Å². The molecule has 0 spiro atoms. The summed E-state index contributed by atoms with van der Waals surface area (Å²) in [6.07, 6.45) is -0.588. The van der Waals surface area contributed by atoms with Gasteiger partial charge in [-0.1, -0.05) is 18.2 Å². The number of para-hydroxylation sites is 1. The van der Waals surface area contributed by atoms with E-state index in [9.17, 15) is 9.90 Å². The minimum absolute atomic E-state index is 0.0321. The molecule has 2 rings (SSSR count). The van der Waals surface area contributed by atoms with Gasteiger partial charge in [-0.05, 0) is 13.0 Å². The van der Waals surface area contributed by atoms with E-state index in [-0.39, 0.29) is 11.9 Å². The molecule has 1 aromatic rings. The molecule has 0 aromatic heterocycles. The number of rotatable bonds is 3. The van der Waals surface area contributed by atoms with Crippen molar-refractivity contribution in [3.8, 4) is 0 Å². The minimum Gasteiger partial charge on any atom is -0.389 e. The molecule has 0 saturated carbocycles. The standard InChI is InChI=1S/C13H18N2O2S/c1-9(16)10-4-2-3-5-11(10)15-13(17)12-8-18-7-6-14-12/h2-5,9,12,14,16H,6-8H2,1H3,(H,15,17). The van der Waals surface area contributed by atoms with Gasteiger partial charge in [-0.15, -0.1) is 0 Å². The van der Waals surface area contributed by atoms with Gasteiger partial charge in [0.15, 0.2) is 0 Å². The fourth-order valence-electron chi connectivity index (χ4n) is 1.93. The maximum absolute atomic E-state index is 12.1. The highest BCUT2D eigenvalue weighted by atomic mass is 32.2. The van der Waals surface area contributed by atoms with Crippen LogP contribution in [0.3, 0.4) is 0 Å². The highest BCUT2D eigenvalue weighted by Gasteiger charge is 2.21. The SMILES string of the molecule is CC(O)c1ccccc1NC(=O)C1CSCCN1. The summed E-state index contributed by atoms with van der Waals surface area (Å²) in [5.74, 6) is 1.81. The van der Waals surface area contributed by atoms with E-state index >= 15 is 0 Å². The number of hydrogen-bond acceptors (Lipinski definition) is 4. The van der Waals surface area contributed by atoms with Gasteiger partial charge < -0.3 is 15.7 Å². The molecule has 98 valence electrons. The Bertz CT molecular complexity index is 417. The van der Waals surface area contributed by atoms with Crippen molar-refractivity contribution in [3.63, 3.8) is 0 Å². The molecule has 1 aliphatic heterocycles. The molecule has 1 fully saturated rings. The van der Waals surface area contributed by atoms with Crippen LogP contribution in [-0.4, -0.2) is 35.1 Å². The number of anilines is 1. The lowest BCUT2D eigenvalue weighted by Crippen LogP contribution is -2.46. The van der Waals surface area contributed by atoms with E-state index in [0.29, 0.717) is 5.69 Å². The summed E-state index contributed by atoms with van der Waals surface area (Å²) in [6.45, 7) is 2.56. The van der Waals surface area contributed by atoms with E-state index in [1.54, 1.807) is 18.7 Å². The monoisotopic (exact) mass is 266 g/mol. The third kappa shape index (κ3) is 3.25. The van der Waals surface area contributed by atoms with Gasteiger partial charge in [-0.2, -0.15) is 11.8 Å². The van der Waals surface area contributed by atoms with Crippen LogP contribution in [-0.2, 0) is 4.79 Å². The second-order valence-electron chi connectivity index (χ2n) is 4.33. The first-order chi connectivity index (χ1) is 8.68. The van der Waals surface area contributed by atoms with Crippen LogP contribution in [0, 0.1) is 0 Å². The van der Waals surface area contributed by atoms with Crippen molar-refractivity contribution in [2.24, 2.45) is 0 Å². The van der Waals surface area contributed by atoms with Crippen LogP contribution >= 0.6 is 11.8 Å². The molecule has 1 heterocycles. The Morgan fingerprint density at radius 3 is 3.00 bits per heavy atom. The lowest BCUT2D eigenvalue weighted by Gasteiger charge is -2.23. The summed E-state index contributed by atoms with van der Waals surface area (Å²) >= 11 is 1.78. The first kappa shape index (κ1) is 13.4. The van der Waals surface area contributed by atoms with Gasteiger partial charge in [0.05, 0.1) is 12.1 Å². The topological polar surface area (TPSA) is 61.4 Å². The molecule has 18 heavy (non-hydrogen) atoms. The van der Waals surface area contributed by atoms with Crippen LogP contribution in [0.4, 0.5) is 5.69 Å². The van der Waals surface area contributed by atoms with Gasteiger partial charge in [0.1, 0.15) is 0 Å². The highest BCUT2D eigenvalue weighted by Crippen LogP contribution is 2.22. The Hall–Kier alpha value is -1.04. The zero-order valence-corrected chi connectivity index (χ0v) is 11.2. The van der Waals surface area contributed by atoms with E-state index in [1.165, 1.54) is 0 Å². The fourth-order valence-corrected chi connectivity index (χ4v) is 2.86. The van der Waals surface area contributed by atoms with Gasteiger partial charge in [0.2, 0.25) is 5.91 Å². The van der Waals surface area contributed by atoms with E-state index in [4.69, 9.17) is 0 Å². The zero-order valence-electron chi connectivity index (χ0n) is 10.3. The molecule has 1 aliphatic rings. The summed E-state index contributed by atoms with van der Waals surface area (Å²) in [5, 5.41) is 15.7. The van der Waals surface area contributed by atoms with Gasteiger partial charge in [-0.25, -0.2) is 0 Å². The molecule has 3 N–H and O–H groups in total. The van der Waals surface area contributed by atoms with Crippen molar-refractivity contribution in [1.82, 2.24) is 5.32 Å². The van der Waals surface area contributed by atoms with Crippen molar-refractivity contribution in [1.29, 1.82) is 0 Å². The van der Waals surface area contributed by atoms with E-state index in [2.05, 4.69) is 10.6 Å². The van der Waals surface area contributed by atoms with Crippen molar-refractivity contribution >= 4 is 23.4 Å². The molecule has 5 heteroatoms. The van der Waals surface area contributed by atoms with Crippen molar-refractivity contribution in [2.45, 2.75) is 19.1 Å². The Morgan fingerprint density at radius 2 is 2.33 bits per heavy atom. The number of nitrogens with one attached hydrogen (secondary N) is 2. The average molecular weight is 266 g/mol. The molecule has 0 radical (unpaired) electrons. The Labute approximate surface area is 111 Å². The normalized spacial score (nSPS) is 21.3. The molecular formula is C13H18N2O2S. The Kier molecular flexibility index (Phi) is 4.63. The third-order valence-electron chi connectivity index (χ3n) is 2.91. The van der Waals surface area contributed by atoms with E-state index < -0.39 is 6.10 Å². The van der Waals surface area contributed by atoms with Gasteiger partial charge in [-0.3, -0.25) is 4.79 Å². The minimum atomic E-state index is -0.588. The maximum Gasteiger partial charge on any atom is 0.242 e. The van der Waals surface area contributed by atoms with E-state index in [1.807, 2.05) is 24.3 Å². The molecule has 0 bridgehead atoms. The summed E-state index contributed by atoms with van der Waals surface area (Å²) in [7, 11) is 0. The van der Waals surface area contributed by atoms with Crippen molar-refractivity contribution < 1.29 is 9.90 Å². The molecule has 1 amide bonds. The number of benzene rings is 1. The second-order valence-corrected chi connectivity index (χ2v) is 5.48. The second kappa shape index (κ2) is 6.22. The van der Waals surface area contributed by atoms with Gasteiger partial charge in [0, 0.05) is 29.3 Å². The van der Waals surface area contributed by atoms with Crippen LogP contribution in [0.2, 0.25) is 0 Å². The lowest BCUT2D eigenvalue weighted by molar-refractivity contribution is -0.117. The fraction of sp³-hybridized carbons (Fsp3) is 0.462. The number of amides is 1. The van der Waals surface area contributed by atoms with Crippen LogP contribution < -0.4 is 10.6 Å². The first-order valence-corrected chi connectivity index (χ1v) is 7.23. The smallest absolute Gasteiger partial charge is 0.242 e. The van der Waals surface area contributed by atoms with Gasteiger partial charge in [0.25, 0.3) is 0 Å². The lowest BCUT2D eigenvalue weighted by atomic mass is 10.1. The van der Waals surface area contributed by atoms with Crippen LogP contribution in [0.1, 0.15) is 18.6 Å². The highest BCUT2D eigenvalue weighted by molar-refractivity contribution is 7.99. The number of carbonyl (C=O) groups is 1. The third-order valence-corrected chi connectivity index (χ3v) is 3.97. The predicted octanol–water partition coefficient (Wildman–Crippen LogP) is 1.38. The zero-order chi connectivity index (χ0) is 13.0. The van der Waals surface area contributed by atoms with Crippen LogP contribution in [0.15, 0.2) is 24.3 Å².